The molecule has 4 heteroatoms. The van der Waals surface area contributed by atoms with E-state index in [0.29, 0.717) is 0 Å². The first kappa shape index (κ1) is 10.6. The lowest BCUT2D eigenvalue weighted by Crippen LogP contribution is -2.15. The monoisotopic (exact) mass is 198 g/mol. The number of imidazole rings is 1. The number of nitrogens with one attached hydrogen (secondary N) is 1. The Kier molecular flexibility index (Phi) is 4.32. The number of H-pyrrole nitrogens is 1. The highest BCUT2D eigenvalue weighted by atomic mass is 32.2. The van der Waals surface area contributed by atoms with Crippen LogP contribution >= 0.6 is 11.8 Å². The lowest BCUT2D eigenvalue weighted by molar-refractivity contribution is 0.950. The summed E-state index contributed by atoms with van der Waals surface area (Å²) in [6.07, 6.45) is 4.85. The minimum absolute atomic E-state index is 0.126. The second kappa shape index (κ2) is 5.29. The van der Waals surface area contributed by atoms with Crippen molar-refractivity contribution in [2.45, 2.75) is 31.4 Å². The van der Waals surface area contributed by atoms with Gasteiger partial charge in [-0.25, -0.2) is 4.98 Å². The molecule has 0 aromatic carbocycles. The molecule has 0 saturated heterocycles. The summed E-state index contributed by atoms with van der Waals surface area (Å²) in [6, 6.07) is 0. The number of nitrogens with two attached hydrogens (primary N) is 1. The Hall–Kier alpha value is -0.480. The van der Waals surface area contributed by atoms with Gasteiger partial charge in [-0.2, -0.15) is 0 Å². The normalized spacial score (nSPS) is 13.2. The maximum Gasteiger partial charge on any atom is 0.0925 e. The Morgan fingerprint density at radius 1 is 1.77 bits per heavy atom. The predicted molar refractivity (Wildman–Crippen MR) is 57.2 cm³/mol. The SMILES string of the molecule is CC[CH][C@H](N)SCc1nc[nH]c1C. The second-order valence-electron chi connectivity index (χ2n) is 2.89. The van der Waals surface area contributed by atoms with Crippen LogP contribution in [0, 0.1) is 13.3 Å². The van der Waals surface area contributed by atoms with E-state index in [1.165, 1.54) is 0 Å². The molecular weight excluding hydrogens is 182 g/mol. The molecule has 1 atom stereocenters. The number of thioether (sulfide) groups is 1. The van der Waals surface area contributed by atoms with Crippen molar-refractivity contribution in [1.29, 1.82) is 0 Å². The van der Waals surface area contributed by atoms with Crippen LogP contribution < -0.4 is 5.73 Å². The van der Waals surface area contributed by atoms with Crippen molar-refractivity contribution in [3.8, 4) is 0 Å². The van der Waals surface area contributed by atoms with Crippen molar-refractivity contribution in [3.63, 3.8) is 0 Å². The Balaban J connectivity index is 2.30. The summed E-state index contributed by atoms with van der Waals surface area (Å²) in [5.74, 6) is 0.882. The predicted octanol–water partition coefficient (Wildman–Crippen LogP) is 1.85. The van der Waals surface area contributed by atoms with Crippen LogP contribution in [0.5, 0.6) is 0 Å². The summed E-state index contributed by atoms with van der Waals surface area (Å²) in [5, 5.41) is 0.126. The molecule has 0 fully saturated rings. The molecule has 0 aliphatic rings. The van der Waals surface area contributed by atoms with Crippen LogP contribution in [0.2, 0.25) is 0 Å². The summed E-state index contributed by atoms with van der Waals surface area (Å²) in [7, 11) is 0. The fraction of sp³-hybridized carbons (Fsp3) is 0.556. The van der Waals surface area contributed by atoms with Gasteiger partial charge in [0.25, 0.3) is 0 Å². The van der Waals surface area contributed by atoms with Crippen LogP contribution in [0.1, 0.15) is 24.7 Å². The van der Waals surface area contributed by atoms with Crippen molar-refractivity contribution in [2.24, 2.45) is 5.73 Å². The molecule has 1 aromatic heterocycles. The van der Waals surface area contributed by atoms with E-state index in [1.54, 1.807) is 18.1 Å². The van der Waals surface area contributed by atoms with Crippen LogP contribution in [-0.4, -0.2) is 15.3 Å². The van der Waals surface area contributed by atoms with E-state index >= 15 is 0 Å². The molecule has 0 spiro atoms. The van der Waals surface area contributed by atoms with E-state index in [9.17, 15) is 0 Å². The Labute approximate surface area is 83.5 Å². The molecule has 1 heterocycles. The first-order valence-electron chi connectivity index (χ1n) is 4.43. The third-order valence-electron chi connectivity index (χ3n) is 1.81. The van der Waals surface area contributed by atoms with Gasteiger partial charge in [0.15, 0.2) is 0 Å². The summed E-state index contributed by atoms with van der Waals surface area (Å²) < 4.78 is 0. The first-order valence-corrected chi connectivity index (χ1v) is 5.48. The average molecular weight is 198 g/mol. The van der Waals surface area contributed by atoms with Gasteiger partial charge in [0.1, 0.15) is 0 Å². The highest BCUT2D eigenvalue weighted by molar-refractivity contribution is 7.99. The van der Waals surface area contributed by atoms with E-state index in [4.69, 9.17) is 5.73 Å². The first-order chi connectivity index (χ1) is 6.24. The van der Waals surface area contributed by atoms with E-state index in [2.05, 4.69) is 23.3 Å². The molecule has 0 saturated carbocycles. The van der Waals surface area contributed by atoms with Crippen molar-refractivity contribution in [2.75, 3.05) is 0 Å². The van der Waals surface area contributed by atoms with Gasteiger partial charge in [0, 0.05) is 11.4 Å². The third-order valence-corrected chi connectivity index (χ3v) is 2.83. The zero-order valence-corrected chi connectivity index (χ0v) is 8.90. The number of aromatic amines is 1. The number of rotatable bonds is 5. The van der Waals surface area contributed by atoms with Gasteiger partial charge in [0.2, 0.25) is 0 Å². The van der Waals surface area contributed by atoms with Gasteiger partial charge < -0.3 is 10.7 Å². The summed E-state index contributed by atoms with van der Waals surface area (Å²) in [4.78, 5) is 7.25. The number of aromatic nitrogens is 2. The summed E-state index contributed by atoms with van der Waals surface area (Å²) in [5.41, 5.74) is 8.06. The average Bonchev–Trinajstić information content (AvgIpc) is 2.48. The minimum Gasteiger partial charge on any atom is -0.348 e. The zero-order valence-electron chi connectivity index (χ0n) is 8.08. The largest absolute Gasteiger partial charge is 0.348 e. The highest BCUT2D eigenvalue weighted by Gasteiger charge is 2.05. The Morgan fingerprint density at radius 2 is 2.54 bits per heavy atom. The van der Waals surface area contributed by atoms with Gasteiger partial charge in [0.05, 0.1) is 17.4 Å². The standard InChI is InChI=1S/C9H16N3S/c1-3-4-9(10)13-5-8-7(2)11-6-12-8/h4,6,9H,3,5,10H2,1-2H3,(H,11,12)/t9-/m1/s1. The molecule has 1 aromatic rings. The maximum absolute atomic E-state index is 5.82. The van der Waals surface area contributed by atoms with Crippen molar-refractivity contribution >= 4 is 11.8 Å². The fourth-order valence-corrected chi connectivity index (χ4v) is 1.98. The van der Waals surface area contributed by atoms with Crippen LogP contribution in [0.25, 0.3) is 0 Å². The smallest absolute Gasteiger partial charge is 0.0925 e. The minimum atomic E-state index is 0.126. The van der Waals surface area contributed by atoms with Gasteiger partial charge >= 0.3 is 0 Å². The van der Waals surface area contributed by atoms with Gasteiger partial charge in [-0.3, -0.25) is 0 Å². The number of hydrogen-bond donors (Lipinski definition) is 2. The Bertz CT molecular complexity index is 247. The topological polar surface area (TPSA) is 54.7 Å². The maximum atomic E-state index is 5.82. The van der Waals surface area contributed by atoms with Crippen molar-refractivity contribution < 1.29 is 0 Å². The molecule has 1 rings (SSSR count). The Morgan fingerprint density at radius 3 is 3.08 bits per heavy atom. The molecule has 3 N–H and O–H groups in total. The summed E-state index contributed by atoms with van der Waals surface area (Å²) >= 11 is 1.71. The van der Waals surface area contributed by atoms with E-state index in [-0.39, 0.29) is 5.37 Å². The summed E-state index contributed by atoms with van der Waals surface area (Å²) in [6.45, 7) is 4.12. The van der Waals surface area contributed by atoms with Crippen molar-refractivity contribution in [1.82, 2.24) is 9.97 Å². The van der Waals surface area contributed by atoms with E-state index in [0.717, 1.165) is 23.6 Å². The van der Waals surface area contributed by atoms with Crippen molar-refractivity contribution in [3.05, 3.63) is 24.1 Å². The fourth-order valence-electron chi connectivity index (χ4n) is 1.01. The number of nitrogens with zero attached hydrogens (tertiary/aromatic N) is 1. The number of aryl methyl sites for hydroxylation is 1. The molecule has 0 aliphatic heterocycles. The quantitative estimate of drug-likeness (QED) is 0.710. The molecule has 0 aliphatic carbocycles. The lowest BCUT2D eigenvalue weighted by Gasteiger charge is -2.07. The molecule has 0 unspecified atom stereocenters. The molecule has 0 bridgehead atoms. The van der Waals surface area contributed by atoms with Crippen LogP contribution in [0.4, 0.5) is 0 Å². The van der Waals surface area contributed by atoms with Crippen LogP contribution in [0.3, 0.4) is 0 Å². The van der Waals surface area contributed by atoms with Gasteiger partial charge in [-0.05, 0) is 13.3 Å². The molecule has 13 heavy (non-hydrogen) atoms. The van der Waals surface area contributed by atoms with Crippen LogP contribution in [-0.2, 0) is 5.75 Å². The van der Waals surface area contributed by atoms with Gasteiger partial charge in [-0.1, -0.05) is 13.3 Å². The molecule has 1 radical (unpaired) electrons. The number of hydrogen-bond acceptors (Lipinski definition) is 3. The molecule has 3 nitrogen and oxygen atoms in total. The molecule has 73 valence electrons. The van der Waals surface area contributed by atoms with Crippen LogP contribution in [0.15, 0.2) is 6.33 Å². The van der Waals surface area contributed by atoms with Gasteiger partial charge in [-0.15, -0.1) is 11.8 Å². The third kappa shape index (κ3) is 3.40. The van der Waals surface area contributed by atoms with E-state index in [1.807, 2.05) is 6.92 Å². The highest BCUT2D eigenvalue weighted by Crippen LogP contribution is 2.17. The van der Waals surface area contributed by atoms with E-state index < -0.39 is 0 Å². The molecule has 0 amide bonds. The lowest BCUT2D eigenvalue weighted by atomic mass is 10.3. The second-order valence-corrected chi connectivity index (χ2v) is 4.06. The zero-order chi connectivity index (χ0) is 9.68. The molecular formula is C9H16N3S.